The topological polar surface area (TPSA) is 29.1 Å². The summed E-state index contributed by atoms with van der Waals surface area (Å²) < 4.78 is 0. The molecule has 17 heavy (non-hydrogen) atoms. The van der Waals surface area contributed by atoms with Crippen molar-refractivity contribution in [1.29, 1.82) is 0 Å². The first-order chi connectivity index (χ1) is 8.31. The lowest BCUT2D eigenvalue weighted by Gasteiger charge is -2.30. The van der Waals surface area contributed by atoms with Crippen LogP contribution in [-0.2, 0) is 4.79 Å². The minimum absolute atomic E-state index is 0.216. The minimum atomic E-state index is 0.216. The second-order valence-electron chi connectivity index (χ2n) is 5.21. The monoisotopic (exact) mass is 275 g/mol. The number of carbonyl (C=O) groups excluding carboxylic acids is 1. The Bertz CT molecular complexity index is 256. The largest absolute Gasteiger partial charge is 0.355 e. The molecule has 98 valence electrons. The van der Waals surface area contributed by atoms with Crippen LogP contribution in [-0.4, -0.2) is 29.3 Å². The number of halogens is 1. The third-order valence-corrected chi connectivity index (χ3v) is 5.80. The first-order valence-corrected chi connectivity index (χ1v) is 8.35. The van der Waals surface area contributed by atoms with Crippen LogP contribution in [0.5, 0.6) is 0 Å². The predicted molar refractivity (Wildman–Crippen MR) is 74.7 cm³/mol. The lowest BCUT2D eigenvalue weighted by molar-refractivity contribution is -0.120. The van der Waals surface area contributed by atoms with Gasteiger partial charge in [0, 0.05) is 12.4 Å². The molecular formula is C13H22ClNOS. The van der Waals surface area contributed by atoms with Crippen LogP contribution in [0.4, 0.5) is 0 Å². The van der Waals surface area contributed by atoms with Crippen molar-refractivity contribution in [3.8, 4) is 0 Å². The summed E-state index contributed by atoms with van der Waals surface area (Å²) in [4.78, 5) is 11.9. The highest BCUT2D eigenvalue weighted by Crippen LogP contribution is 2.31. The number of thioether (sulfide) groups is 1. The zero-order chi connectivity index (χ0) is 12.1. The second kappa shape index (κ2) is 6.89. The van der Waals surface area contributed by atoms with Crippen LogP contribution in [0.2, 0.25) is 0 Å². The maximum Gasteiger partial charge on any atom is 0.233 e. The molecule has 1 saturated carbocycles. The van der Waals surface area contributed by atoms with Gasteiger partial charge in [0.2, 0.25) is 5.91 Å². The van der Waals surface area contributed by atoms with E-state index in [1.807, 2.05) is 0 Å². The van der Waals surface area contributed by atoms with Crippen molar-refractivity contribution in [2.75, 3.05) is 18.2 Å². The number of carbonyl (C=O) groups is 1. The van der Waals surface area contributed by atoms with Crippen LogP contribution in [0.25, 0.3) is 0 Å². The first kappa shape index (κ1) is 13.5. The highest BCUT2D eigenvalue weighted by atomic mass is 35.5. The van der Waals surface area contributed by atoms with Gasteiger partial charge in [-0.05, 0) is 43.3 Å². The Balaban J connectivity index is 1.74. The van der Waals surface area contributed by atoms with E-state index in [9.17, 15) is 4.79 Å². The molecule has 0 aromatic rings. The molecule has 1 amide bonds. The average molecular weight is 276 g/mol. The summed E-state index contributed by atoms with van der Waals surface area (Å²) in [6.45, 7) is 0.841. The molecule has 4 heteroatoms. The number of amides is 1. The van der Waals surface area contributed by atoms with E-state index in [1.54, 1.807) is 11.8 Å². The molecule has 0 aromatic heterocycles. The Morgan fingerprint density at radius 2 is 1.94 bits per heavy atom. The second-order valence-corrected chi connectivity index (χ2v) is 6.82. The summed E-state index contributed by atoms with van der Waals surface area (Å²) >= 11 is 7.81. The van der Waals surface area contributed by atoms with Gasteiger partial charge in [0.25, 0.3) is 0 Å². The first-order valence-electron chi connectivity index (χ1n) is 6.76. The van der Waals surface area contributed by atoms with Gasteiger partial charge >= 0.3 is 0 Å². The van der Waals surface area contributed by atoms with Crippen molar-refractivity contribution in [1.82, 2.24) is 5.32 Å². The Labute approximate surface area is 113 Å². The third-order valence-electron chi connectivity index (χ3n) is 4.03. The Kier molecular flexibility index (Phi) is 5.49. The lowest BCUT2D eigenvalue weighted by Crippen LogP contribution is -2.38. The van der Waals surface area contributed by atoms with E-state index in [2.05, 4.69) is 5.32 Å². The smallest absolute Gasteiger partial charge is 0.233 e. The summed E-state index contributed by atoms with van der Waals surface area (Å²) in [5, 5.41) is 3.36. The summed E-state index contributed by atoms with van der Waals surface area (Å²) in [6.07, 6.45) is 7.32. The van der Waals surface area contributed by atoms with Gasteiger partial charge in [-0.3, -0.25) is 4.79 Å². The Morgan fingerprint density at radius 1 is 1.18 bits per heavy atom. The average Bonchev–Trinajstić information content (AvgIpc) is 2.90. The van der Waals surface area contributed by atoms with Crippen LogP contribution in [0.3, 0.4) is 0 Å². The summed E-state index contributed by atoms with van der Waals surface area (Å²) in [6, 6.07) is 0. The molecule has 0 spiro atoms. The molecule has 0 bridgehead atoms. The van der Waals surface area contributed by atoms with Crippen molar-refractivity contribution in [3.63, 3.8) is 0 Å². The maximum absolute atomic E-state index is 11.9. The molecule has 0 aromatic carbocycles. The van der Waals surface area contributed by atoms with Gasteiger partial charge in [0.15, 0.2) is 0 Å². The molecule has 2 aliphatic rings. The van der Waals surface area contributed by atoms with Gasteiger partial charge in [-0.2, -0.15) is 0 Å². The molecule has 1 N–H and O–H groups in total. The van der Waals surface area contributed by atoms with Crippen LogP contribution in [0.15, 0.2) is 0 Å². The Morgan fingerprint density at radius 3 is 2.59 bits per heavy atom. The quantitative estimate of drug-likeness (QED) is 0.799. The van der Waals surface area contributed by atoms with Crippen LogP contribution in [0.1, 0.15) is 38.5 Å². The van der Waals surface area contributed by atoms with Crippen molar-refractivity contribution in [3.05, 3.63) is 0 Å². The van der Waals surface area contributed by atoms with Gasteiger partial charge in [-0.25, -0.2) is 0 Å². The summed E-state index contributed by atoms with van der Waals surface area (Å²) in [5.74, 6) is 3.37. The maximum atomic E-state index is 11.9. The predicted octanol–water partition coefficient (Wildman–Crippen LogP) is 3.04. The number of hydrogen-bond acceptors (Lipinski definition) is 2. The highest BCUT2D eigenvalue weighted by molar-refractivity contribution is 8.00. The van der Waals surface area contributed by atoms with E-state index < -0.39 is 0 Å². The standard InChI is InChI=1S/C13H22ClNOS/c14-8-10-4-1-2-5-11(10)9-15-13(16)12-6-3-7-17-12/h10-12H,1-9H2,(H,15,16). The fourth-order valence-electron chi connectivity index (χ4n) is 2.89. The zero-order valence-corrected chi connectivity index (χ0v) is 11.9. The summed E-state index contributed by atoms with van der Waals surface area (Å²) in [5.41, 5.74) is 0. The molecule has 2 rings (SSSR count). The number of alkyl halides is 1. The molecule has 3 atom stereocenters. The van der Waals surface area contributed by atoms with E-state index in [-0.39, 0.29) is 11.2 Å². The molecular weight excluding hydrogens is 254 g/mol. The Hall–Kier alpha value is 0.110. The molecule has 2 fully saturated rings. The van der Waals surface area contributed by atoms with Crippen LogP contribution < -0.4 is 5.32 Å². The van der Waals surface area contributed by atoms with Gasteiger partial charge in [-0.1, -0.05) is 12.8 Å². The van der Waals surface area contributed by atoms with E-state index in [4.69, 9.17) is 11.6 Å². The zero-order valence-electron chi connectivity index (χ0n) is 10.3. The minimum Gasteiger partial charge on any atom is -0.355 e. The van der Waals surface area contributed by atoms with Gasteiger partial charge < -0.3 is 5.32 Å². The van der Waals surface area contributed by atoms with E-state index in [0.717, 1.165) is 24.6 Å². The van der Waals surface area contributed by atoms with E-state index >= 15 is 0 Å². The van der Waals surface area contributed by atoms with Gasteiger partial charge in [0.1, 0.15) is 0 Å². The summed E-state index contributed by atoms with van der Waals surface area (Å²) in [7, 11) is 0. The molecule has 0 radical (unpaired) electrons. The number of nitrogens with one attached hydrogen (secondary N) is 1. The van der Waals surface area contributed by atoms with Crippen molar-refractivity contribution >= 4 is 29.3 Å². The fraction of sp³-hybridized carbons (Fsp3) is 0.923. The van der Waals surface area contributed by atoms with Gasteiger partial charge in [-0.15, -0.1) is 23.4 Å². The number of hydrogen-bond donors (Lipinski definition) is 1. The normalized spacial score (nSPS) is 33.6. The van der Waals surface area contributed by atoms with E-state index in [1.165, 1.54) is 32.1 Å². The van der Waals surface area contributed by atoms with Gasteiger partial charge in [0.05, 0.1) is 5.25 Å². The molecule has 1 aliphatic heterocycles. The fourth-order valence-corrected chi connectivity index (χ4v) is 4.48. The van der Waals surface area contributed by atoms with Crippen molar-refractivity contribution in [2.45, 2.75) is 43.8 Å². The van der Waals surface area contributed by atoms with Crippen molar-refractivity contribution in [2.24, 2.45) is 11.8 Å². The van der Waals surface area contributed by atoms with Crippen molar-refractivity contribution < 1.29 is 4.79 Å². The molecule has 1 heterocycles. The van der Waals surface area contributed by atoms with Crippen LogP contribution >= 0.6 is 23.4 Å². The van der Waals surface area contributed by atoms with E-state index in [0.29, 0.717) is 11.8 Å². The molecule has 1 saturated heterocycles. The SMILES string of the molecule is O=C(NCC1CCCCC1CCl)C1CCCS1. The molecule has 2 nitrogen and oxygen atoms in total. The highest BCUT2D eigenvalue weighted by Gasteiger charge is 2.27. The lowest BCUT2D eigenvalue weighted by atomic mass is 9.80. The number of rotatable bonds is 4. The molecule has 1 aliphatic carbocycles. The third kappa shape index (κ3) is 3.78. The molecule has 3 unspecified atom stereocenters. The van der Waals surface area contributed by atoms with Crippen LogP contribution in [0, 0.1) is 11.8 Å².